The molecule has 0 saturated heterocycles. The summed E-state index contributed by atoms with van der Waals surface area (Å²) >= 11 is 0. The lowest BCUT2D eigenvalue weighted by Gasteiger charge is -2.35. The normalized spacial score (nSPS) is 15.4. The van der Waals surface area contributed by atoms with Crippen molar-refractivity contribution in [2.45, 2.75) is 19.0 Å². The Morgan fingerprint density at radius 1 is 0.964 bits per heavy atom. The molecule has 7 nitrogen and oxygen atoms in total. The van der Waals surface area contributed by atoms with Gasteiger partial charge in [0.25, 0.3) is 5.91 Å². The van der Waals surface area contributed by atoms with Crippen LogP contribution in [0.25, 0.3) is 0 Å². The minimum atomic E-state index is -0.683. The summed E-state index contributed by atoms with van der Waals surface area (Å²) < 4.78 is 15.1. The fourth-order valence-electron chi connectivity index (χ4n) is 3.16. The zero-order valence-electron chi connectivity index (χ0n) is 15.7. The van der Waals surface area contributed by atoms with Crippen LogP contribution in [0.4, 0.5) is 0 Å². The first-order valence-corrected chi connectivity index (χ1v) is 8.78. The Hall–Kier alpha value is -3.35. The average Bonchev–Trinajstić information content (AvgIpc) is 2.75. The fourth-order valence-corrected chi connectivity index (χ4v) is 3.16. The third-order valence-electron chi connectivity index (χ3n) is 4.68. The lowest BCUT2D eigenvalue weighted by Crippen LogP contribution is -2.50. The molecule has 0 spiro atoms. The number of methoxy groups -OCH3 is 2. The van der Waals surface area contributed by atoms with Crippen molar-refractivity contribution in [2.75, 3.05) is 20.8 Å². The Kier molecular flexibility index (Phi) is 5.93. The fraction of sp³-hybridized carbons (Fsp3) is 0.286. The highest BCUT2D eigenvalue weighted by molar-refractivity contribution is 5.89. The molecule has 0 fully saturated rings. The van der Waals surface area contributed by atoms with E-state index in [0.29, 0.717) is 24.3 Å². The third kappa shape index (κ3) is 4.14. The van der Waals surface area contributed by atoms with Gasteiger partial charge >= 0.3 is 11.9 Å². The van der Waals surface area contributed by atoms with E-state index >= 15 is 0 Å². The number of amides is 1. The zero-order valence-corrected chi connectivity index (χ0v) is 15.7. The molecule has 1 amide bonds. The molecular formula is C21H21NO6. The van der Waals surface area contributed by atoms with Gasteiger partial charge < -0.3 is 19.1 Å². The summed E-state index contributed by atoms with van der Waals surface area (Å²) in [5.74, 6) is -0.782. The number of rotatable bonds is 5. The maximum Gasteiger partial charge on any atom is 0.337 e. The van der Waals surface area contributed by atoms with Gasteiger partial charge in [-0.25, -0.2) is 9.59 Å². The number of carbonyl (C=O) groups is 3. The number of carbonyl (C=O) groups excluding carboxylic acids is 3. The monoisotopic (exact) mass is 383 g/mol. The van der Waals surface area contributed by atoms with Gasteiger partial charge in [0.05, 0.1) is 19.8 Å². The topological polar surface area (TPSA) is 82.1 Å². The number of hydrogen-bond donors (Lipinski definition) is 0. The van der Waals surface area contributed by atoms with Crippen LogP contribution >= 0.6 is 0 Å². The molecule has 2 aromatic carbocycles. The van der Waals surface area contributed by atoms with E-state index in [0.717, 1.165) is 11.1 Å². The van der Waals surface area contributed by atoms with Crippen molar-refractivity contribution in [2.24, 2.45) is 0 Å². The molecule has 0 saturated carbocycles. The number of fused-ring (bicyclic) bond motifs is 1. The number of nitrogens with zero attached hydrogens (tertiary/aromatic N) is 1. The van der Waals surface area contributed by atoms with E-state index in [1.807, 2.05) is 24.3 Å². The van der Waals surface area contributed by atoms with Crippen molar-refractivity contribution in [1.29, 1.82) is 0 Å². The van der Waals surface area contributed by atoms with E-state index in [1.54, 1.807) is 24.3 Å². The quantitative estimate of drug-likeness (QED) is 0.735. The number of esters is 2. The van der Waals surface area contributed by atoms with E-state index < -0.39 is 18.0 Å². The minimum absolute atomic E-state index is 0.229. The van der Waals surface area contributed by atoms with Gasteiger partial charge in [-0.05, 0) is 35.4 Å². The van der Waals surface area contributed by atoms with Crippen LogP contribution in [0.2, 0.25) is 0 Å². The minimum Gasteiger partial charge on any atom is -0.484 e. The van der Waals surface area contributed by atoms with Crippen LogP contribution in [-0.4, -0.2) is 49.6 Å². The predicted octanol–water partition coefficient (Wildman–Crippen LogP) is 1.98. The second-order valence-corrected chi connectivity index (χ2v) is 6.34. The molecule has 0 bridgehead atoms. The Labute approximate surface area is 162 Å². The summed E-state index contributed by atoms with van der Waals surface area (Å²) in [4.78, 5) is 37.9. The molecule has 0 aromatic heterocycles. The van der Waals surface area contributed by atoms with Crippen molar-refractivity contribution in [3.05, 3.63) is 65.2 Å². The maximum atomic E-state index is 12.8. The van der Waals surface area contributed by atoms with Crippen LogP contribution in [0, 0.1) is 0 Å². The molecule has 0 N–H and O–H groups in total. The summed E-state index contributed by atoms with van der Waals surface area (Å²) in [6.07, 6.45) is 0.405. The summed E-state index contributed by atoms with van der Waals surface area (Å²) in [5.41, 5.74) is 2.42. The SMILES string of the molecule is COC(=O)c1ccc(OCC(=O)N2Cc3ccccc3C[C@H]2C(=O)OC)cc1. The molecule has 7 heteroatoms. The van der Waals surface area contributed by atoms with E-state index in [9.17, 15) is 14.4 Å². The molecule has 1 aliphatic heterocycles. The summed E-state index contributed by atoms with van der Waals surface area (Å²) in [6.45, 7) is 0.0899. The van der Waals surface area contributed by atoms with E-state index in [-0.39, 0.29) is 12.5 Å². The van der Waals surface area contributed by atoms with Crippen LogP contribution in [0.3, 0.4) is 0 Å². The van der Waals surface area contributed by atoms with Crippen LogP contribution in [0.15, 0.2) is 48.5 Å². The summed E-state index contributed by atoms with van der Waals surface area (Å²) in [6, 6.07) is 13.3. The third-order valence-corrected chi connectivity index (χ3v) is 4.68. The predicted molar refractivity (Wildman–Crippen MR) is 99.8 cm³/mol. The summed E-state index contributed by atoms with van der Waals surface area (Å²) in [7, 11) is 2.62. The first kappa shape index (κ1) is 19.4. The Morgan fingerprint density at radius 2 is 1.64 bits per heavy atom. The van der Waals surface area contributed by atoms with Crippen molar-refractivity contribution in [1.82, 2.24) is 4.90 Å². The largest absolute Gasteiger partial charge is 0.484 e. The molecule has 1 heterocycles. The lowest BCUT2D eigenvalue weighted by atomic mass is 9.94. The van der Waals surface area contributed by atoms with Crippen LogP contribution in [0.1, 0.15) is 21.5 Å². The lowest BCUT2D eigenvalue weighted by molar-refractivity contribution is -0.154. The molecule has 3 rings (SSSR count). The van der Waals surface area contributed by atoms with Crippen LogP contribution in [-0.2, 0) is 32.0 Å². The molecule has 146 valence electrons. The maximum absolute atomic E-state index is 12.8. The van der Waals surface area contributed by atoms with E-state index in [2.05, 4.69) is 4.74 Å². The summed E-state index contributed by atoms with van der Waals surface area (Å²) in [5, 5.41) is 0. The van der Waals surface area contributed by atoms with Crippen LogP contribution < -0.4 is 4.74 Å². The van der Waals surface area contributed by atoms with Crippen LogP contribution in [0.5, 0.6) is 5.75 Å². The van der Waals surface area contributed by atoms with Crippen molar-refractivity contribution < 1.29 is 28.6 Å². The van der Waals surface area contributed by atoms with Gasteiger partial charge in [-0.3, -0.25) is 4.79 Å². The van der Waals surface area contributed by atoms with Gasteiger partial charge in [-0.15, -0.1) is 0 Å². The van der Waals surface area contributed by atoms with Crippen molar-refractivity contribution in [3.63, 3.8) is 0 Å². The van der Waals surface area contributed by atoms with Gasteiger partial charge in [0.2, 0.25) is 0 Å². The molecule has 0 radical (unpaired) electrons. The number of ether oxygens (including phenoxy) is 3. The number of benzene rings is 2. The van der Waals surface area contributed by atoms with Crippen molar-refractivity contribution in [3.8, 4) is 5.75 Å². The smallest absolute Gasteiger partial charge is 0.337 e. The van der Waals surface area contributed by atoms with Gasteiger partial charge in [-0.2, -0.15) is 0 Å². The molecule has 1 aliphatic rings. The van der Waals surface area contributed by atoms with Gasteiger partial charge in [0, 0.05) is 13.0 Å². The first-order valence-electron chi connectivity index (χ1n) is 8.78. The first-order chi connectivity index (χ1) is 13.5. The zero-order chi connectivity index (χ0) is 20.1. The highest BCUT2D eigenvalue weighted by atomic mass is 16.5. The molecule has 0 aliphatic carbocycles. The Balaban J connectivity index is 1.69. The standard InChI is InChI=1S/C21H21NO6/c1-26-20(24)14-7-9-17(10-8-14)28-13-19(23)22-12-16-6-4-3-5-15(16)11-18(22)21(25)27-2/h3-10,18H,11-13H2,1-2H3/t18-/m0/s1. The highest BCUT2D eigenvalue weighted by Gasteiger charge is 2.35. The molecule has 2 aromatic rings. The Morgan fingerprint density at radius 3 is 2.29 bits per heavy atom. The number of hydrogen-bond acceptors (Lipinski definition) is 6. The second kappa shape index (κ2) is 8.56. The van der Waals surface area contributed by atoms with Gasteiger partial charge in [0.15, 0.2) is 6.61 Å². The molecule has 1 atom stereocenters. The molecular weight excluding hydrogens is 362 g/mol. The molecule has 28 heavy (non-hydrogen) atoms. The Bertz CT molecular complexity index is 877. The second-order valence-electron chi connectivity index (χ2n) is 6.34. The average molecular weight is 383 g/mol. The molecule has 0 unspecified atom stereocenters. The van der Waals surface area contributed by atoms with E-state index in [1.165, 1.54) is 19.1 Å². The van der Waals surface area contributed by atoms with E-state index in [4.69, 9.17) is 9.47 Å². The van der Waals surface area contributed by atoms with Gasteiger partial charge in [-0.1, -0.05) is 24.3 Å². The van der Waals surface area contributed by atoms with Crippen molar-refractivity contribution >= 4 is 17.8 Å². The highest BCUT2D eigenvalue weighted by Crippen LogP contribution is 2.24. The van der Waals surface area contributed by atoms with Gasteiger partial charge in [0.1, 0.15) is 11.8 Å².